The summed E-state index contributed by atoms with van der Waals surface area (Å²) in [5.74, 6) is 1.21. The predicted octanol–water partition coefficient (Wildman–Crippen LogP) is 1.06. The van der Waals surface area contributed by atoms with Crippen LogP contribution in [-0.4, -0.2) is 40.5 Å². The molecule has 7 nitrogen and oxygen atoms in total. The Morgan fingerprint density at radius 2 is 2.05 bits per heavy atom. The topological polar surface area (TPSA) is 69.2 Å². The third-order valence-electron chi connectivity index (χ3n) is 3.14. The van der Waals surface area contributed by atoms with Gasteiger partial charge in [-0.05, 0) is 33.6 Å². The van der Waals surface area contributed by atoms with Crippen LogP contribution in [0.15, 0.2) is 5.10 Å². The van der Waals surface area contributed by atoms with Crippen molar-refractivity contribution in [1.82, 2.24) is 21.0 Å². The van der Waals surface area contributed by atoms with Crippen molar-refractivity contribution in [2.24, 2.45) is 11.0 Å². The van der Waals surface area contributed by atoms with Crippen LogP contribution in [0.4, 0.5) is 4.79 Å². The number of hydrogen-bond acceptors (Lipinski definition) is 6. The summed E-state index contributed by atoms with van der Waals surface area (Å²) in [6.45, 7) is 7.01. The largest absolute Gasteiger partial charge is 0.444 e. The van der Waals surface area contributed by atoms with Crippen molar-refractivity contribution in [3.8, 4) is 0 Å². The van der Waals surface area contributed by atoms with Crippen LogP contribution in [0.1, 0.15) is 33.6 Å². The lowest BCUT2D eigenvalue weighted by atomic mass is 9.95. The zero-order valence-corrected chi connectivity index (χ0v) is 11.8. The van der Waals surface area contributed by atoms with E-state index in [-0.39, 0.29) is 6.09 Å². The molecule has 2 N–H and O–H groups in total. The lowest BCUT2D eigenvalue weighted by Gasteiger charge is -2.34. The Labute approximate surface area is 113 Å². The second-order valence-electron chi connectivity index (χ2n) is 5.86. The molecule has 107 valence electrons. The van der Waals surface area contributed by atoms with Gasteiger partial charge in [0.1, 0.15) is 11.4 Å². The maximum atomic E-state index is 11.9. The van der Waals surface area contributed by atoms with Crippen LogP contribution in [0.2, 0.25) is 0 Å². The van der Waals surface area contributed by atoms with E-state index in [1.807, 2.05) is 20.8 Å². The van der Waals surface area contributed by atoms with E-state index in [9.17, 15) is 4.79 Å². The number of ether oxygens (including phenoxy) is 1. The Morgan fingerprint density at radius 3 is 2.53 bits per heavy atom. The molecule has 2 aliphatic rings. The van der Waals surface area contributed by atoms with Crippen LogP contribution >= 0.6 is 0 Å². The van der Waals surface area contributed by atoms with Gasteiger partial charge in [0, 0.05) is 19.0 Å². The van der Waals surface area contributed by atoms with Crippen LogP contribution in [-0.2, 0) is 4.74 Å². The minimum atomic E-state index is -0.443. The number of amides is 1. The average molecular weight is 268 g/mol. The molecular formula is C12H22N5O2. The number of nitrogens with one attached hydrogen (secondary N) is 2. The lowest BCUT2D eigenvalue weighted by Crippen LogP contribution is -2.45. The minimum absolute atomic E-state index is 0.234. The van der Waals surface area contributed by atoms with Gasteiger partial charge >= 0.3 is 6.09 Å². The molecule has 0 aromatic heterocycles. The fourth-order valence-corrected chi connectivity index (χ4v) is 2.22. The maximum Gasteiger partial charge on any atom is 0.410 e. The highest BCUT2D eigenvalue weighted by Gasteiger charge is 2.31. The van der Waals surface area contributed by atoms with Crippen molar-refractivity contribution < 1.29 is 9.53 Å². The summed E-state index contributed by atoms with van der Waals surface area (Å²) < 4.78 is 5.37. The fraction of sp³-hybridized carbons (Fsp3) is 0.750. The molecular weight excluding hydrogens is 246 g/mol. The summed E-state index contributed by atoms with van der Waals surface area (Å²) >= 11 is 0. The molecule has 0 aliphatic carbocycles. The highest BCUT2D eigenvalue weighted by Crippen LogP contribution is 2.22. The quantitative estimate of drug-likeness (QED) is 0.744. The predicted molar refractivity (Wildman–Crippen MR) is 71.4 cm³/mol. The van der Waals surface area contributed by atoms with E-state index in [1.165, 1.54) is 0 Å². The van der Waals surface area contributed by atoms with Gasteiger partial charge in [-0.3, -0.25) is 5.01 Å². The van der Waals surface area contributed by atoms with E-state index in [0.29, 0.717) is 19.0 Å². The smallest absolute Gasteiger partial charge is 0.410 e. The van der Waals surface area contributed by atoms with Crippen LogP contribution in [0.25, 0.3) is 0 Å². The molecule has 19 heavy (non-hydrogen) atoms. The number of hydrazone groups is 1. The number of hydrogen-bond donors (Lipinski definition) is 2. The summed E-state index contributed by atoms with van der Waals surface area (Å²) in [6.07, 6.45) is 1.50. The lowest BCUT2D eigenvalue weighted by molar-refractivity contribution is 0.0199. The monoisotopic (exact) mass is 268 g/mol. The highest BCUT2D eigenvalue weighted by atomic mass is 16.6. The van der Waals surface area contributed by atoms with Gasteiger partial charge in [-0.15, -0.1) is 10.6 Å². The molecule has 0 spiro atoms. The molecule has 0 bridgehead atoms. The first-order valence-corrected chi connectivity index (χ1v) is 6.53. The molecule has 0 aromatic rings. The van der Waals surface area contributed by atoms with Gasteiger partial charge in [-0.25, -0.2) is 10.3 Å². The van der Waals surface area contributed by atoms with Crippen LogP contribution in [0.5, 0.6) is 0 Å². The van der Waals surface area contributed by atoms with Crippen LogP contribution < -0.4 is 11.1 Å². The number of rotatable bonds is 1. The van der Waals surface area contributed by atoms with Crippen molar-refractivity contribution in [2.45, 2.75) is 39.2 Å². The SMILES string of the molecule is [CH2]N1NNN=C1C1CCN(C(=O)OC(C)(C)C)CC1. The summed E-state index contributed by atoms with van der Waals surface area (Å²) in [5, 5.41) is 5.79. The van der Waals surface area contributed by atoms with Gasteiger partial charge in [-0.1, -0.05) is 0 Å². The minimum Gasteiger partial charge on any atom is -0.444 e. The molecule has 1 radical (unpaired) electrons. The van der Waals surface area contributed by atoms with Crippen LogP contribution in [0.3, 0.4) is 0 Å². The Bertz CT molecular complexity index is 369. The Kier molecular flexibility index (Phi) is 3.84. The van der Waals surface area contributed by atoms with Gasteiger partial charge in [0.2, 0.25) is 0 Å². The maximum absolute atomic E-state index is 11.9. The molecule has 1 saturated heterocycles. The van der Waals surface area contributed by atoms with Gasteiger partial charge < -0.3 is 9.64 Å². The standard InChI is InChI=1S/C12H22N5O2/c1-12(2,3)19-11(18)17-7-5-9(6-8-17)10-13-14-15-16(10)4/h9,14-15H,4-8H2,1-3H3. The van der Waals surface area contributed by atoms with E-state index in [0.717, 1.165) is 18.7 Å². The third kappa shape index (κ3) is 3.50. The summed E-state index contributed by atoms with van der Waals surface area (Å²) in [6, 6.07) is 0. The fourth-order valence-electron chi connectivity index (χ4n) is 2.22. The number of nitrogens with zero attached hydrogens (tertiary/aromatic N) is 3. The molecule has 2 rings (SSSR count). The van der Waals surface area contributed by atoms with E-state index in [1.54, 1.807) is 9.91 Å². The zero-order valence-electron chi connectivity index (χ0n) is 11.8. The molecule has 0 atom stereocenters. The van der Waals surface area contributed by atoms with Gasteiger partial charge in [-0.2, -0.15) is 0 Å². The van der Waals surface area contributed by atoms with Gasteiger partial charge in [0.05, 0.1) is 7.05 Å². The second kappa shape index (κ2) is 5.24. The molecule has 0 saturated carbocycles. The Hall–Kier alpha value is -1.50. The summed E-state index contributed by atoms with van der Waals surface area (Å²) in [5.41, 5.74) is 5.03. The van der Waals surface area contributed by atoms with Crippen molar-refractivity contribution in [3.63, 3.8) is 0 Å². The number of amidine groups is 1. The third-order valence-corrected chi connectivity index (χ3v) is 3.14. The first kappa shape index (κ1) is 13.9. The van der Waals surface area contributed by atoms with Crippen molar-refractivity contribution >= 4 is 11.9 Å². The summed E-state index contributed by atoms with van der Waals surface area (Å²) in [4.78, 5) is 13.7. The number of carbonyl (C=O) groups is 1. The van der Waals surface area contributed by atoms with E-state index >= 15 is 0 Å². The van der Waals surface area contributed by atoms with E-state index in [4.69, 9.17) is 4.74 Å². The second-order valence-corrected chi connectivity index (χ2v) is 5.86. The molecule has 2 heterocycles. The zero-order chi connectivity index (χ0) is 14.0. The molecule has 7 heteroatoms. The van der Waals surface area contributed by atoms with Crippen molar-refractivity contribution in [1.29, 1.82) is 0 Å². The van der Waals surface area contributed by atoms with Gasteiger partial charge in [0.15, 0.2) is 0 Å². The molecule has 1 amide bonds. The van der Waals surface area contributed by atoms with Crippen LogP contribution in [0, 0.1) is 13.0 Å². The normalized spacial score (nSPS) is 21.2. The van der Waals surface area contributed by atoms with Crippen molar-refractivity contribution in [2.75, 3.05) is 13.1 Å². The number of piperidine rings is 1. The molecule has 2 aliphatic heterocycles. The Balaban J connectivity index is 1.84. The first-order chi connectivity index (χ1) is 8.87. The van der Waals surface area contributed by atoms with Gasteiger partial charge in [0.25, 0.3) is 0 Å². The molecule has 0 aromatic carbocycles. The highest BCUT2D eigenvalue weighted by molar-refractivity contribution is 5.85. The van der Waals surface area contributed by atoms with Crippen molar-refractivity contribution in [3.05, 3.63) is 7.05 Å². The molecule has 1 fully saturated rings. The number of hydrazine groups is 2. The van der Waals surface area contributed by atoms with E-state index in [2.05, 4.69) is 23.2 Å². The van der Waals surface area contributed by atoms with E-state index < -0.39 is 5.60 Å². The average Bonchev–Trinajstić information content (AvgIpc) is 2.73. The Morgan fingerprint density at radius 1 is 1.42 bits per heavy atom. The number of carbonyl (C=O) groups excluding carboxylic acids is 1. The molecule has 0 unspecified atom stereocenters. The first-order valence-electron chi connectivity index (χ1n) is 6.53. The number of likely N-dealkylation sites (tertiary alicyclic amines) is 1. The summed E-state index contributed by atoms with van der Waals surface area (Å²) in [7, 11) is 3.82.